The summed E-state index contributed by atoms with van der Waals surface area (Å²) in [4.78, 5) is 18.5. The zero-order chi connectivity index (χ0) is 14.7. The van der Waals surface area contributed by atoms with Gasteiger partial charge in [0.25, 0.3) is 5.91 Å². The Morgan fingerprint density at radius 2 is 2.38 bits per heavy atom. The molecule has 1 N–H and O–H groups in total. The van der Waals surface area contributed by atoms with E-state index in [2.05, 4.69) is 15.2 Å². The van der Waals surface area contributed by atoms with Gasteiger partial charge in [-0.3, -0.25) is 14.9 Å². The molecule has 1 amide bonds. The number of ether oxygens (including phenoxy) is 1. The summed E-state index contributed by atoms with van der Waals surface area (Å²) >= 11 is 0. The third-order valence-electron chi connectivity index (χ3n) is 3.71. The Morgan fingerprint density at radius 1 is 1.48 bits per heavy atom. The molecule has 2 atom stereocenters. The first kappa shape index (κ1) is 13.6. The van der Waals surface area contributed by atoms with E-state index < -0.39 is 6.10 Å². The summed E-state index contributed by atoms with van der Waals surface area (Å²) in [7, 11) is 0. The first-order valence-electron chi connectivity index (χ1n) is 7.12. The molecule has 3 heterocycles. The average Bonchev–Trinajstić information content (AvgIpc) is 3.18. The molecular weight excluding hydrogens is 268 g/mol. The largest absolute Gasteiger partial charge is 0.479 e. The third kappa shape index (κ3) is 2.89. The number of nitrogens with zero attached hydrogens (tertiary/aromatic N) is 3. The van der Waals surface area contributed by atoms with Crippen LogP contribution in [0.1, 0.15) is 31.5 Å². The number of pyridine rings is 1. The number of aromatic amines is 1. The fourth-order valence-corrected chi connectivity index (χ4v) is 2.71. The second-order valence-electron chi connectivity index (χ2n) is 5.15. The number of hydrogen-bond donors (Lipinski definition) is 1. The molecule has 6 nitrogen and oxygen atoms in total. The minimum absolute atomic E-state index is 0.00375. The summed E-state index contributed by atoms with van der Waals surface area (Å²) < 4.78 is 5.67. The Labute approximate surface area is 123 Å². The van der Waals surface area contributed by atoms with Crippen LogP contribution in [-0.4, -0.2) is 38.6 Å². The Hall–Kier alpha value is -2.37. The van der Waals surface area contributed by atoms with Gasteiger partial charge in [-0.15, -0.1) is 0 Å². The smallest absolute Gasteiger partial charge is 0.263 e. The van der Waals surface area contributed by atoms with Gasteiger partial charge in [-0.2, -0.15) is 5.10 Å². The lowest BCUT2D eigenvalue weighted by molar-refractivity contribution is -0.139. The number of amides is 1. The maximum absolute atomic E-state index is 12.6. The van der Waals surface area contributed by atoms with Crippen molar-refractivity contribution >= 4 is 5.91 Å². The van der Waals surface area contributed by atoms with Crippen molar-refractivity contribution in [2.45, 2.75) is 31.9 Å². The fourth-order valence-electron chi connectivity index (χ4n) is 2.71. The molecule has 2 aromatic rings. The zero-order valence-electron chi connectivity index (χ0n) is 11.9. The lowest BCUT2D eigenvalue weighted by atomic mass is 10.1. The molecule has 21 heavy (non-hydrogen) atoms. The van der Waals surface area contributed by atoms with Crippen molar-refractivity contribution < 1.29 is 9.53 Å². The third-order valence-corrected chi connectivity index (χ3v) is 3.71. The quantitative estimate of drug-likeness (QED) is 0.932. The van der Waals surface area contributed by atoms with E-state index >= 15 is 0 Å². The van der Waals surface area contributed by atoms with E-state index in [0.717, 1.165) is 25.1 Å². The predicted octanol–water partition coefficient (Wildman–Crippen LogP) is 1.94. The Balaban J connectivity index is 1.69. The van der Waals surface area contributed by atoms with Crippen LogP contribution < -0.4 is 4.74 Å². The molecule has 2 aromatic heterocycles. The highest BCUT2D eigenvalue weighted by Crippen LogP contribution is 2.31. The maximum Gasteiger partial charge on any atom is 0.263 e. The van der Waals surface area contributed by atoms with Gasteiger partial charge in [0.05, 0.1) is 17.9 Å². The Morgan fingerprint density at radius 3 is 3.10 bits per heavy atom. The Kier molecular flexibility index (Phi) is 3.85. The van der Waals surface area contributed by atoms with Gasteiger partial charge in [0.2, 0.25) is 0 Å². The van der Waals surface area contributed by atoms with E-state index in [4.69, 9.17) is 4.74 Å². The van der Waals surface area contributed by atoms with E-state index in [1.54, 1.807) is 37.6 Å². The maximum atomic E-state index is 12.6. The van der Waals surface area contributed by atoms with Crippen molar-refractivity contribution in [1.82, 2.24) is 20.1 Å². The summed E-state index contributed by atoms with van der Waals surface area (Å²) in [6.07, 6.45) is 6.42. The van der Waals surface area contributed by atoms with E-state index in [-0.39, 0.29) is 11.9 Å². The molecule has 0 radical (unpaired) electrons. The molecule has 0 bridgehead atoms. The Bertz CT molecular complexity index is 585. The van der Waals surface area contributed by atoms with Crippen LogP contribution in [-0.2, 0) is 4.79 Å². The average molecular weight is 286 g/mol. The van der Waals surface area contributed by atoms with Gasteiger partial charge in [-0.05, 0) is 38.0 Å². The normalized spacial score (nSPS) is 19.5. The van der Waals surface area contributed by atoms with Gasteiger partial charge >= 0.3 is 0 Å². The predicted molar refractivity (Wildman–Crippen MR) is 76.6 cm³/mol. The summed E-state index contributed by atoms with van der Waals surface area (Å²) in [6, 6.07) is 5.58. The van der Waals surface area contributed by atoms with Crippen LogP contribution in [0, 0.1) is 0 Å². The molecule has 0 spiro atoms. The van der Waals surface area contributed by atoms with Crippen LogP contribution in [0.4, 0.5) is 0 Å². The number of nitrogens with one attached hydrogen (secondary N) is 1. The number of likely N-dealkylation sites (tertiary alicyclic amines) is 1. The summed E-state index contributed by atoms with van der Waals surface area (Å²) in [5.41, 5.74) is 0.981. The highest BCUT2D eigenvalue weighted by molar-refractivity contribution is 5.81. The lowest BCUT2D eigenvalue weighted by Crippen LogP contribution is -2.40. The molecule has 0 aliphatic carbocycles. The molecule has 1 aliphatic rings. The van der Waals surface area contributed by atoms with E-state index in [0.29, 0.717) is 5.75 Å². The zero-order valence-corrected chi connectivity index (χ0v) is 11.9. The summed E-state index contributed by atoms with van der Waals surface area (Å²) in [6.45, 7) is 2.53. The molecule has 1 fully saturated rings. The SMILES string of the molecule is CC(Oc1cccnc1)C(=O)N1CCCC1c1ccn[nH]1. The van der Waals surface area contributed by atoms with Crippen molar-refractivity contribution in [3.63, 3.8) is 0 Å². The molecule has 1 aliphatic heterocycles. The van der Waals surface area contributed by atoms with Gasteiger partial charge in [0, 0.05) is 18.9 Å². The summed E-state index contributed by atoms with van der Waals surface area (Å²) in [5.74, 6) is 0.603. The van der Waals surface area contributed by atoms with Gasteiger partial charge in [0.1, 0.15) is 5.75 Å². The van der Waals surface area contributed by atoms with Crippen LogP contribution >= 0.6 is 0 Å². The molecule has 110 valence electrons. The van der Waals surface area contributed by atoms with Crippen LogP contribution in [0.3, 0.4) is 0 Å². The molecule has 2 unspecified atom stereocenters. The van der Waals surface area contributed by atoms with Crippen LogP contribution in [0.2, 0.25) is 0 Å². The van der Waals surface area contributed by atoms with E-state index in [1.165, 1.54) is 0 Å². The number of H-pyrrole nitrogens is 1. The highest BCUT2D eigenvalue weighted by atomic mass is 16.5. The van der Waals surface area contributed by atoms with Gasteiger partial charge in [-0.1, -0.05) is 0 Å². The van der Waals surface area contributed by atoms with Crippen molar-refractivity contribution in [3.05, 3.63) is 42.5 Å². The van der Waals surface area contributed by atoms with Crippen LogP contribution in [0.15, 0.2) is 36.8 Å². The van der Waals surface area contributed by atoms with Crippen LogP contribution in [0.25, 0.3) is 0 Å². The minimum Gasteiger partial charge on any atom is -0.479 e. The number of aromatic nitrogens is 3. The first-order valence-corrected chi connectivity index (χ1v) is 7.12. The van der Waals surface area contributed by atoms with Crippen molar-refractivity contribution in [3.8, 4) is 5.75 Å². The second-order valence-corrected chi connectivity index (χ2v) is 5.15. The molecule has 1 saturated heterocycles. The van der Waals surface area contributed by atoms with E-state index in [1.807, 2.05) is 11.0 Å². The van der Waals surface area contributed by atoms with Crippen molar-refractivity contribution in [2.75, 3.05) is 6.54 Å². The highest BCUT2D eigenvalue weighted by Gasteiger charge is 2.33. The molecule has 3 rings (SSSR count). The van der Waals surface area contributed by atoms with Crippen LogP contribution in [0.5, 0.6) is 5.75 Å². The number of carbonyl (C=O) groups is 1. The van der Waals surface area contributed by atoms with Crippen molar-refractivity contribution in [2.24, 2.45) is 0 Å². The lowest BCUT2D eigenvalue weighted by Gasteiger charge is -2.26. The molecule has 0 saturated carbocycles. The monoisotopic (exact) mass is 286 g/mol. The standard InChI is InChI=1S/C15H18N4O2/c1-11(21-12-4-2-7-16-10-12)15(20)19-9-3-5-14(19)13-6-8-17-18-13/h2,4,6-8,10-11,14H,3,5,9H2,1H3,(H,17,18). The first-order chi connectivity index (χ1) is 10.3. The molecule has 6 heteroatoms. The number of rotatable bonds is 4. The van der Waals surface area contributed by atoms with Gasteiger partial charge in [-0.25, -0.2) is 0 Å². The minimum atomic E-state index is -0.530. The molecule has 0 aromatic carbocycles. The van der Waals surface area contributed by atoms with E-state index in [9.17, 15) is 4.79 Å². The topological polar surface area (TPSA) is 71.1 Å². The van der Waals surface area contributed by atoms with Gasteiger partial charge in [0.15, 0.2) is 6.10 Å². The summed E-state index contributed by atoms with van der Waals surface area (Å²) in [5, 5.41) is 6.93. The van der Waals surface area contributed by atoms with Crippen molar-refractivity contribution in [1.29, 1.82) is 0 Å². The number of hydrogen-bond acceptors (Lipinski definition) is 4. The molecular formula is C15H18N4O2. The fraction of sp³-hybridized carbons (Fsp3) is 0.400. The number of carbonyl (C=O) groups excluding carboxylic acids is 1. The van der Waals surface area contributed by atoms with Gasteiger partial charge < -0.3 is 9.64 Å². The second kappa shape index (κ2) is 5.95.